The van der Waals surface area contributed by atoms with E-state index in [2.05, 4.69) is 10.3 Å². The average molecular weight is 355 g/mol. The maximum absolute atomic E-state index is 12.0. The van der Waals surface area contributed by atoms with Gasteiger partial charge in [0.05, 0.1) is 16.8 Å². The van der Waals surface area contributed by atoms with Crippen LogP contribution in [0.3, 0.4) is 0 Å². The molecule has 0 bridgehead atoms. The van der Waals surface area contributed by atoms with E-state index in [0.29, 0.717) is 5.56 Å². The van der Waals surface area contributed by atoms with Crippen molar-refractivity contribution >= 4 is 33.4 Å². The number of para-hydroxylation sites is 1. The van der Waals surface area contributed by atoms with E-state index >= 15 is 0 Å². The van der Waals surface area contributed by atoms with Crippen molar-refractivity contribution in [1.82, 2.24) is 10.3 Å². The number of aromatic nitrogens is 1. The monoisotopic (exact) mass is 355 g/mol. The Kier molecular flexibility index (Phi) is 5.37. The van der Waals surface area contributed by atoms with E-state index in [1.165, 1.54) is 11.3 Å². The molecule has 0 aliphatic carbocycles. The number of thiazole rings is 1. The molecule has 0 radical (unpaired) electrons. The van der Waals surface area contributed by atoms with Crippen LogP contribution in [-0.4, -0.2) is 23.4 Å². The highest BCUT2D eigenvalue weighted by Gasteiger charge is 2.19. The number of nitrogens with zero attached hydrogens (tertiary/aromatic N) is 1. The van der Waals surface area contributed by atoms with Crippen LogP contribution in [0.15, 0.2) is 54.6 Å². The Morgan fingerprint density at radius 3 is 2.56 bits per heavy atom. The van der Waals surface area contributed by atoms with Crippen LogP contribution < -0.4 is 11.1 Å². The zero-order valence-corrected chi connectivity index (χ0v) is 14.2. The molecule has 3 rings (SSSR count). The SMILES string of the molecule is NC(=O)[C@H](NC(=O)COCc1nc2ccccc2s1)c1ccccc1. The van der Waals surface area contributed by atoms with Crippen LogP contribution in [0.5, 0.6) is 0 Å². The first kappa shape index (κ1) is 17.1. The quantitative estimate of drug-likeness (QED) is 0.679. The van der Waals surface area contributed by atoms with Gasteiger partial charge in [-0.3, -0.25) is 9.59 Å². The van der Waals surface area contributed by atoms with Gasteiger partial charge in [-0.25, -0.2) is 4.98 Å². The molecule has 128 valence electrons. The first-order valence-electron chi connectivity index (χ1n) is 7.69. The number of amides is 2. The summed E-state index contributed by atoms with van der Waals surface area (Å²) in [5.41, 5.74) is 6.92. The van der Waals surface area contributed by atoms with Crippen molar-refractivity contribution in [3.05, 3.63) is 65.2 Å². The second kappa shape index (κ2) is 7.87. The minimum atomic E-state index is -0.875. The van der Waals surface area contributed by atoms with Crippen molar-refractivity contribution in [2.45, 2.75) is 12.6 Å². The average Bonchev–Trinajstić information content (AvgIpc) is 3.03. The Bertz CT molecular complexity index is 846. The summed E-state index contributed by atoms with van der Waals surface area (Å²) < 4.78 is 6.48. The summed E-state index contributed by atoms with van der Waals surface area (Å²) in [6.45, 7) is 0.0614. The Balaban J connectivity index is 1.54. The lowest BCUT2D eigenvalue weighted by Crippen LogP contribution is -2.39. The van der Waals surface area contributed by atoms with Gasteiger partial charge in [0.25, 0.3) is 0 Å². The van der Waals surface area contributed by atoms with Crippen molar-refractivity contribution < 1.29 is 14.3 Å². The van der Waals surface area contributed by atoms with Gasteiger partial charge in [0.2, 0.25) is 11.8 Å². The first-order chi connectivity index (χ1) is 12.1. The predicted molar refractivity (Wildman–Crippen MR) is 95.8 cm³/mol. The molecule has 6 nitrogen and oxygen atoms in total. The van der Waals surface area contributed by atoms with Gasteiger partial charge in [0.15, 0.2) is 0 Å². The number of nitrogens with two attached hydrogens (primary N) is 1. The fraction of sp³-hybridized carbons (Fsp3) is 0.167. The molecule has 1 aromatic heterocycles. The molecule has 0 unspecified atom stereocenters. The third-order valence-electron chi connectivity index (χ3n) is 3.52. The minimum absolute atomic E-state index is 0.174. The van der Waals surface area contributed by atoms with E-state index in [4.69, 9.17) is 10.5 Å². The summed E-state index contributed by atoms with van der Waals surface area (Å²) in [6, 6.07) is 15.8. The summed E-state index contributed by atoms with van der Waals surface area (Å²) in [5, 5.41) is 3.39. The topological polar surface area (TPSA) is 94.3 Å². The third kappa shape index (κ3) is 4.40. The molecule has 0 aliphatic rings. The normalized spacial score (nSPS) is 12.0. The smallest absolute Gasteiger partial charge is 0.246 e. The summed E-state index contributed by atoms with van der Waals surface area (Å²) in [4.78, 5) is 28.1. The van der Waals surface area contributed by atoms with Gasteiger partial charge in [-0.1, -0.05) is 42.5 Å². The summed E-state index contributed by atoms with van der Waals surface area (Å²) in [6.07, 6.45) is 0. The molecule has 0 fully saturated rings. The Labute approximate surface area is 148 Å². The highest BCUT2D eigenvalue weighted by atomic mass is 32.1. The fourth-order valence-electron chi connectivity index (χ4n) is 2.38. The summed E-state index contributed by atoms with van der Waals surface area (Å²) >= 11 is 1.52. The second-order valence-electron chi connectivity index (χ2n) is 5.38. The number of rotatable bonds is 7. The molecule has 3 aromatic rings. The van der Waals surface area contributed by atoms with Gasteiger partial charge in [-0.2, -0.15) is 0 Å². The maximum Gasteiger partial charge on any atom is 0.246 e. The Hall–Kier alpha value is -2.77. The molecular formula is C18H17N3O3S. The molecule has 0 spiro atoms. The number of fused-ring (bicyclic) bond motifs is 1. The number of nitrogens with one attached hydrogen (secondary N) is 1. The summed E-state index contributed by atoms with van der Waals surface area (Å²) in [7, 11) is 0. The van der Waals surface area contributed by atoms with Crippen molar-refractivity contribution in [3.8, 4) is 0 Å². The van der Waals surface area contributed by atoms with Crippen LogP contribution in [0.25, 0.3) is 10.2 Å². The van der Waals surface area contributed by atoms with Crippen molar-refractivity contribution in [2.75, 3.05) is 6.61 Å². The third-order valence-corrected chi connectivity index (χ3v) is 4.53. The largest absolute Gasteiger partial charge is 0.368 e. The van der Waals surface area contributed by atoms with E-state index in [1.807, 2.05) is 30.3 Å². The number of hydrogen-bond donors (Lipinski definition) is 2. The highest BCUT2D eigenvalue weighted by Crippen LogP contribution is 2.21. The minimum Gasteiger partial charge on any atom is -0.368 e. The van der Waals surface area contributed by atoms with Crippen molar-refractivity contribution in [3.63, 3.8) is 0 Å². The second-order valence-corrected chi connectivity index (χ2v) is 6.50. The molecule has 1 atom stereocenters. The first-order valence-corrected chi connectivity index (χ1v) is 8.51. The lowest BCUT2D eigenvalue weighted by atomic mass is 10.1. The molecule has 0 saturated heterocycles. The molecule has 0 saturated carbocycles. The maximum atomic E-state index is 12.0. The summed E-state index contributed by atoms with van der Waals surface area (Å²) in [5.74, 6) is -1.03. The number of hydrogen-bond acceptors (Lipinski definition) is 5. The predicted octanol–water partition coefficient (Wildman–Crippen LogP) is 2.16. The molecule has 25 heavy (non-hydrogen) atoms. The van der Waals surface area contributed by atoms with Crippen LogP contribution >= 0.6 is 11.3 Å². The fourth-order valence-corrected chi connectivity index (χ4v) is 3.28. The molecule has 2 aromatic carbocycles. The van der Waals surface area contributed by atoms with E-state index in [0.717, 1.165) is 15.2 Å². The van der Waals surface area contributed by atoms with Crippen LogP contribution in [0.4, 0.5) is 0 Å². The zero-order valence-electron chi connectivity index (χ0n) is 13.3. The van der Waals surface area contributed by atoms with E-state index in [-0.39, 0.29) is 13.2 Å². The van der Waals surface area contributed by atoms with Gasteiger partial charge in [-0.05, 0) is 17.7 Å². The highest BCUT2D eigenvalue weighted by molar-refractivity contribution is 7.18. The van der Waals surface area contributed by atoms with Gasteiger partial charge in [-0.15, -0.1) is 11.3 Å². The van der Waals surface area contributed by atoms with E-state index in [9.17, 15) is 9.59 Å². The van der Waals surface area contributed by atoms with Gasteiger partial charge in [0.1, 0.15) is 17.7 Å². The molecule has 0 aliphatic heterocycles. The number of primary amides is 1. The van der Waals surface area contributed by atoms with Crippen LogP contribution in [0, 0.1) is 0 Å². The molecular weight excluding hydrogens is 338 g/mol. The van der Waals surface area contributed by atoms with Crippen molar-refractivity contribution in [2.24, 2.45) is 5.73 Å². The van der Waals surface area contributed by atoms with Crippen LogP contribution in [-0.2, 0) is 20.9 Å². The van der Waals surface area contributed by atoms with Gasteiger partial charge < -0.3 is 15.8 Å². The number of benzene rings is 2. The molecule has 7 heteroatoms. The van der Waals surface area contributed by atoms with E-state index in [1.54, 1.807) is 24.3 Å². The number of ether oxygens (including phenoxy) is 1. The molecule has 1 heterocycles. The van der Waals surface area contributed by atoms with Gasteiger partial charge in [0, 0.05) is 0 Å². The Morgan fingerprint density at radius 1 is 1.12 bits per heavy atom. The van der Waals surface area contributed by atoms with Crippen molar-refractivity contribution in [1.29, 1.82) is 0 Å². The standard InChI is InChI=1S/C18H17N3O3S/c19-18(23)17(12-6-2-1-3-7-12)21-15(22)10-24-11-16-20-13-8-4-5-9-14(13)25-16/h1-9,17H,10-11H2,(H2,19,23)(H,21,22)/t17-/m1/s1. The Morgan fingerprint density at radius 2 is 1.84 bits per heavy atom. The van der Waals surface area contributed by atoms with Crippen LogP contribution in [0.2, 0.25) is 0 Å². The number of carbonyl (C=O) groups excluding carboxylic acids is 2. The molecule has 2 amide bonds. The number of carbonyl (C=O) groups is 2. The van der Waals surface area contributed by atoms with Crippen LogP contribution in [0.1, 0.15) is 16.6 Å². The lowest BCUT2D eigenvalue weighted by Gasteiger charge is -2.15. The molecule has 3 N–H and O–H groups in total. The van der Waals surface area contributed by atoms with E-state index < -0.39 is 17.9 Å². The lowest BCUT2D eigenvalue weighted by molar-refractivity contribution is -0.130. The van der Waals surface area contributed by atoms with Gasteiger partial charge >= 0.3 is 0 Å². The zero-order chi connectivity index (χ0) is 17.6.